The van der Waals surface area contributed by atoms with Crippen molar-refractivity contribution < 1.29 is 4.84 Å². The van der Waals surface area contributed by atoms with Gasteiger partial charge in [-0.25, -0.2) is 0 Å². The van der Waals surface area contributed by atoms with Crippen molar-refractivity contribution in [2.45, 2.75) is 6.92 Å². The summed E-state index contributed by atoms with van der Waals surface area (Å²) < 4.78 is 0. The summed E-state index contributed by atoms with van der Waals surface area (Å²) in [5.41, 5.74) is 0. The molecule has 1 unspecified atom stereocenters. The zero-order chi connectivity index (χ0) is 5.28. The molecule has 42 valence electrons. The molecule has 1 atom stereocenters. The summed E-state index contributed by atoms with van der Waals surface area (Å²) in [4.78, 5) is 4.77. The molecule has 1 rings (SSSR count). The molecule has 7 heavy (non-hydrogen) atoms. The highest BCUT2D eigenvalue weighted by molar-refractivity contribution is 4.60. The summed E-state index contributed by atoms with van der Waals surface area (Å²) in [7, 11) is 0. The molecule has 0 radical (unpaired) electrons. The molecular formula is C4H9N2O-. The van der Waals surface area contributed by atoms with Crippen LogP contribution >= 0.6 is 0 Å². The van der Waals surface area contributed by atoms with Crippen molar-refractivity contribution in [3.63, 3.8) is 0 Å². The van der Waals surface area contributed by atoms with E-state index in [0.717, 1.165) is 11.7 Å². The average molecular weight is 101 g/mol. The van der Waals surface area contributed by atoms with Gasteiger partial charge in [-0.1, -0.05) is 6.92 Å². The van der Waals surface area contributed by atoms with Crippen LogP contribution in [-0.2, 0) is 4.84 Å². The van der Waals surface area contributed by atoms with E-state index in [1.807, 2.05) is 0 Å². The Hall–Kier alpha value is -0.120. The van der Waals surface area contributed by atoms with Crippen molar-refractivity contribution in [2.75, 3.05) is 13.2 Å². The van der Waals surface area contributed by atoms with Crippen LogP contribution in [0.4, 0.5) is 0 Å². The van der Waals surface area contributed by atoms with Gasteiger partial charge in [0.2, 0.25) is 0 Å². The first kappa shape index (κ1) is 5.03. The van der Waals surface area contributed by atoms with E-state index in [9.17, 15) is 0 Å². The lowest BCUT2D eigenvalue weighted by Crippen LogP contribution is -2.06. The van der Waals surface area contributed by atoms with Crippen LogP contribution in [-0.4, -0.2) is 18.3 Å². The molecule has 1 heterocycles. The predicted octanol–water partition coefficient (Wildman–Crippen LogP) is 0.837. The Morgan fingerprint density at radius 1 is 1.86 bits per heavy atom. The largest absolute Gasteiger partial charge is 0.584 e. The van der Waals surface area contributed by atoms with Gasteiger partial charge in [0.25, 0.3) is 0 Å². The molecule has 0 amide bonds. The Labute approximate surface area is 43.0 Å². The van der Waals surface area contributed by atoms with Crippen LogP contribution in [0.3, 0.4) is 0 Å². The lowest BCUT2D eigenvalue weighted by molar-refractivity contribution is -0.0666. The highest BCUT2D eigenvalue weighted by atomic mass is 16.7. The van der Waals surface area contributed by atoms with Crippen LogP contribution in [0.1, 0.15) is 6.92 Å². The molecule has 1 fully saturated rings. The first-order valence-electron chi connectivity index (χ1n) is 2.40. The average Bonchev–Trinajstić information content (AvgIpc) is 1.87. The number of hydrogen-bond acceptors (Lipinski definition) is 2. The van der Waals surface area contributed by atoms with Gasteiger partial charge < -0.3 is 10.7 Å². The van der Waals surface area contributed by atoms with E-state index < -0.39 is 0 Å². The Kier molecular flexibility index (Phi) is 1.27. The van der Waals surface area contributed by atoms with Gasteiger partial charge in [-0.2, -0.15) is 0 Å². The maximum Gasteiger partial charge on any atom is 0.0703 e. The predicted molar refractivity (Wildman–Crippen MR) is 26.1 cm³/mol. The number of nitrogens with zero attached hydrogens (tertiary/aromatic N) is 1. The third-order valence-corrected chi connectivity index (χ3v) is 0.992. The molecule has 1 aliphatic heterocycles. The van der Waals surface area contributed by atoms with Crippen molar-refractivity contribution in [1.82, 2.24) is 5.17 Å². The minimum Gasteiger partial charge on any atom is -0.584 e. The molecule has 1 N–H and O–H groups in total. The van der Waals surface area contributed by atoms with Crippen LogP contribution in [0, 0.1) is 5.92 Å². The Morgan fingerprint density at radius 2 is 2.57 bits per heavy atom. The SMILES string of the molecule is CC1CON([NH-])C1. The van der Waals surface area contributed by atoms with Gasteiger partial charge in [-0.15, -0.1) is 0 Å². The molecule has 1 saturated heterocycles. The van der Waals surface area contributed by atoms with E-state index in [0.29, 0.717) is 12.5 Å². The van der Waals surface area contributed by atoms with E-state index in [-0.39, 0.29) is 0 Å². The van der Waals surface area contributed by atoms with Crippen LogP contribution in [0.15, 0.2) is 0 Å². The number of nitrogens with one attached hydrogen (secondary N) is 1. The summed E-state index contributed by atoms with van der Waals surface area (Å²) in [6.07, 6.45) is 0. The van der Waals surface area contributed by atoms with E-state index in [2.05, 4.69) is 6.92 Å². The Balaban J connectivity index is 2.26. The second-order valence-corrected chi connectivity index (χ2v) is 1.96. The molecule has 3 heteroatoms. The Morgan fingerprint density at radius 3 is 2.71 bits per heavy atom. The molecule has 0 aromatic rings. The van der Waals surface area contributed by atoms with Gasteiger partial charge in [0.15, 0.2) is 0 Å². The van der Waals surface area contributed by atoms with Gasteiger partial charge in [0.05, 0.1) is 6.61 Å². The molecule has 0 bridgehead atoms. The third kappa shape index (κ3) is 1.12. The van der Waals surface area contributed by atoms with Gasteiger partial charge >= 0.3 is 0 Å². The maximum absolute atomic E-state index is 6.87. The van der Waals surface area contributed by atoms with Gasteiger partial charge in [0, 0.05) is 6.54 Å². The monoisotopic (exact) mass is 101 g/mol. The van der Waals surface area contributed by atoms with Gasteiger partial charge in [-0.05, 0) is 5.92 Å². The maximum atomic E-state index is 6.87. The van der Waals surface area contributed by atoms with E-state index in [1.165, 1.54) is 0 Å². The van der Waals surface area contributed by atoms with E-state index in [4.69, 9.17) is 10.7 Å². The molecule has 0 aromatic heterocycles. The van der Waals surface area contributed by atoms with Crippen molar-refractivity contribution >= 4 is 0 Å². The third-order valence-electron chi connectivity index (χ3n) is 0.992. The zero-order valence-electron chi connectivity index (χ0n) is 4.35. The second-order valence-electron chi connectivity index (χ2n) is 1.96. The number of rotatable bonds is 0. The van der Waals surface area contributed by atoms with Crippen molar-refractivity contribution in [1.29, 1.82) is 0 Å². The fourth-order valence-electron chi connectivity index (χ4n) is 0.606. The minimum absolute atomic E-state index is 0.539. The number of hydrogen-bond donors (Lipinski definition) is 0. The van der Waals surface area contributed by atoms with Crippen molar-refractivity contribution in [2.24, 2.45) is 5.92 Å². The molecule has 1 aliphatic rings. The fraction of sp³-hybridized carbons (Fsp3) is 1.00. The fourth-order valence-corrected chi connectivity index (χ4v) is 0.606. The molecule has 0 aliphatic carbocycles. The normalized spacial score (nSPS) is 34.3. The summed E-state index contributed by atoms with van der Waals surface area (Å²) in [6, 6.07) is 0. The van der Waals surface area contributed by atoms with Crippen LogP contribution in [0.5, 0.6) is 0 Å². The smallest absolute Gasteiger partial charge is 0.0703 e. The first-order valence-corrected chi connectivity index (χ1v) is 2.40. The van der Waals surface area contributed by atoms with Crippen LogP contribution in [0.2, 0.25) is 0 Å². The standard InChI is InChI=1S/C4H9N2O/c1-4-2-6(5)7-3-4/h4-5H,2-3H2,1H3/q-1. The van der Waals surface area contributed by atoms with Crippen LogP contribution < -0.4 is 0 Å². The molecule has 3 nitrogen and oxygen atoms in total. The Bertz CT molecular complexity index is 58.7. The molecule has 0 spiro atoms. The highest BCUT2D eigenvalue weighted by Gasteiger charge is 2.10. The van der Waals surface area contributed by atoms with Crippen molar-refractivity contribution in [3.8, 4) is 0 Å². The lowest BCUT2D eigenvalue weighted by atomic mass is 10.2. The first-order chi connectivity index (χ1) is 3.29. The molecule has 0 aromatic carbocycles. The summed E-state index contributed by atoms with van der Waals surface area (Å²) >= 11 is 0. The summed E-state index contributed by atoms with van der Waals surface area (Å²) in [5.74, 6) is 7.41. The van der Waals surface area contributed by atoms with E-state index >= 15 is 0 Å². The van der Waals surface area contributed by atoms with Gasteiger partial charge in [0.1, 0.15) is 0 Å². The topological polar surface area (TPSA) is 36.3 Å². The quantitative estimate of drug-likeness (QED) is 0.453. The van der Waals surface area contributed by atoms with Crippen LogP contribution in [0.25, 0.3) is 5.84 Å². The lowest BCUT2D eigenvalue weighted by Gasteiger charge is -2.15. The highest BCUT2D eigenvalue weighted by Crippen LogP contribution is 2.09. The summed E-state index contributed by atoms with van der Waals surface area (Å²) in [5, 5.41) is 1.13. The van der Waals surface area contributed by atoms with Crippen molar-refractivity contribution in [3.05, 3.63) is 5.84 Å². The second kappa shape index (κ2) is 1.78. The van der Waals surface area contributed by atoms with E-state index in [1.54, 1.807) is 0 Å². The molecule has 0 saturated carbocycles. The zero-order valence-corrected chi connectivity index (χ0v) is 4.35. The summed E-state index contributed by atoms with van der Waals surface area (Å²) in [6.45, 7) is 3.53. The van der Waals surface area contributed by atoms with Gasteiger partial charge in [-0.3, -0.25) is 5.17 Å². The molecular weight excluding hydrogens is 92.1 g/mol. The number of hydroxylamine groups is 1. The minimum atomic E-state index is 0.539.